The smallest absolute Gasteiger partial charge is 0.259 e. The van der Waals surface area contributed by atoms with E-state index in [1.54, 1.807) is 0 Å². The van der Waals surface area contributed by atoms with Gasteiger partial charge in [0.25, 0.3) is 5.91 Å². The number of pyridine rings is 2. The van der Waals surface area contributed by atoms with Crippen molar-refractivity contribution in [3.05, 3.63) is 52.1 Å². The predicted octanol–water partition coefficient (Wildman–Crippen LogP) is 3.17. The van der Waals surface area contributed by atoms with Crippen molar-refractivity contribution in [2.45, 2.75) is 0 Å². The first-order chi connectivity index (χ1) is 8.56. The van der Waals surface area contributed by atoms with E-state index in [9.17, 15) is 9.18 Å². The van der Waals surface area contributed by atoms with Crippen molar-refractivity contribution in [3.8, 4) is 0 Å². The van der Waals surface area contributed by atoms with E-state index in [1.165, 1.54) is 30.3 Å². The maximum absolute atomic E-state index is 12.8. The lowest BCUT2D eigenvalue weighted by Crippen LogP contribution is -2.14. The Balaban J connectivity index is 2.22. The minimum absolute atomic E-state index is 0.0311. The topological polar surface area (TPSA) is 54.9 Å². The quantitative estimate of drug-likeness (QED) is 0.863. The van der Waals surface area contributed by atoms with Crippen LogP contribution in [0.5, 0.6) is 0 Å². The molecule has 0 atom stereocenters. The molecule has 0 aliphatic heterocycles. The summed E-state index contributed by atoms with van der Waals surface area (Å²) in [4.78, 5) is 19.0. The Kier molecular flexibility index (Phi) is 3.74. The van der Waals surface area contributed by atoms with Gasteiger partial charge in [0.2, 0.25) is 5.95 Å². The largest absolute Gasteiger partial charge is 0.306 e. The van der Waals surface area contributed by atoms with Gasteiger partial charge in [-0.3, -0.25) is 4.79 Å². The molecule has 0 bridgehead atoms. The van der Waals surface area contributed by atoms with Gasteiger partial charge in [0.05, 0.1) is 5.56 Å². The van der Waals surface area contributed by atoms with Crippen molar-refractivity contribution < 1.29 is 9.18 Å². The third kappa shape index (κ3) is 2.94. The minimum Gasteiger partial charge on any atom is -0.306 e. The van der Waals surface area contributed by atoms with Crippen LogP contribution in [-0.4, -0.2) is 15.9 Å². The number of carbonyl (C=O) groups is 1. The number of rotatable bonds is 2. The van der Waals surface area contributed by atoms with E-state index in [0.717, 1.165) is 0 Å². The summed E-state index contributed by atoms with van der Waals surface area (Å²) < 4.78 is 12.8. The molecule has 2 heterocycles. The van der Waals surface area contributed by atoms with Crippen LogP contribution in [0.4, 0.5) is 10.2 Å². The number of halogens is 3. The minimum atomic E-state index is -0.687. The summed E-state index contributed by atoms with van der Waals surface area (Å²) in [7, 11) is 0. The molecule has 2 rings (SSSR count). The van der Waals surface area contributed by atoms with Gasteiger partial charge >= 0.3 is 0 Å². The summed E-state index contributed by atoms with van der Waals surface area (Å²) in [5, 5.41) is 2.55. The number of aromatic nitrogens is 2. The zero-order valence-electron chi connectivity index (χ0n) is 8.82. The van der Waals surface area contributed by atoms with Crippen LogP contribution in [0.25, 0.3) is 0 Å². The molecular weight excluding hydrogens is 280 g/mol. The van der Waals surface area contributed by atoms with Gasteiger partial charge in [0, 0.05) is 0 Å². The molecule has 92 valence electrons. The summed E-state index contributed by atoms with van der Waals surface area (Å²) in [6.45, 7) is 0. The van der Waals surface area contributed by atoms with Gasteiger partial charge in [-0.2, -0.15) is 4.39 Å². The Bertz CT molecular complexity index is 607. The van der Waals surface area contributed by atoms with Gasteiger partial charge < -0.3 is 5.32 Å². The van der Waals surface area contributed by atoms with Crippen molar-refractivity contribution in [3.63, 3.8) is 0 Å². The first kappa shape index (κ1) is 12.7. The van der Waals surface area contributed by atoms with Gasteiger partial charge in [-0.05, 0) is 24.3 Å². The molecule has 2 aromatic heterocycles. The van der Waals surface area contributed by atoms with Crippen LogP contribution >= 0.6 is 23.2 Å². The Morgan fingerprint density at radius 1 is 1.17 bits per heavy atom. The van der Waals surface area contributed by atoms with E-state index in [4.69, 9.17) is 23.2 Å². The van der Waals surface area contributed by atoms with Gasteiger partial charge in [0.1, 0.15) is 16.1 Å². The Morgan fingerprint density at radius 3 is 2.61 bits per heavy atom. The molecule has 0 aromatic carbocycles. The molecule has 0 aliphatic rings. The number of amides is 1. The van der Waals surface area contributed by atoms with E-state index in [0.29, 0.717) is 0 Å². The summed E-state index contributed by atoms with van der Waals surface area (Å²) >= 11 is 11.4. The fourth-order valence-corrected chi connectivity index (χ4v) is 1.67. The Morgan fingerprint density at radius 2 is 1.94 bits per heavy atom. The molecule has 0 unspecified atom stereocenters. The molecule has 4 nitrogen and oxygen atoms in total. The van der Waals surface area contributed by atoms with Crippen molar-refractivity contribution in [1.82, 2.24) is 9.97 Å². The second-order valence-corrected chi connectivity index (χ2v) is 4.02. The molecule has 1 N–H and O–H groups in total. The highest BCUT2D eigenvalue weighted by atomic mass is 35.5. The average Bonchev–Trinajstić information content (AvgIpc) is 2.28. The fourth-order valence-electron chi connectivity index (χ4n) is 1.24. The van der Waals surface area contributed by atoms with Gasteiger partial charge in [-0.1, -0.05) is 29.3 Å². The molecule has 18 heavy (non-hydrogen) atoms. The van der Waals surface area contributed by atoms with E-state index in [1.807, 2.05) is 0 Å². The van der Waals surface area contributed by atoms with Gasteiger partial charge in [0.15, 0.2) is 0 Å². The maximum atomic E-state index is 12.8. The second-order valence-electron chi connectivity index (χ2n) is 3.27. The Labute approximate surface area is 112 Å². The summed E-state index contributed by atoms with van der Waals surface area (Å²) in [5.74, 6) is -1.14. The Hall–Kier alpha value is -1.72. The maximum Gasteiger partial charge on any atom is 0.259 e. The average molecular weight is 286 g/mol. The van der Waals surface area contributed by atoms with Crippen LogP contribution in [0.1, 0.15) is 10.4 Å². The standard InChI is InChI=1S/C11H6Cl2FN3O/c12-7-5-4-6(10(13)15-7)11(18)17-9-3-1-2-8(14)16-9/h1-5H,(H,16,17,18). The highest BCUT2D eigenvalue weighted by Crippen LogP contribution is 2.17. The third-order valence-corrected chi connectivity index (χ3v) is 2.51. The number of nitrogens with one attached hydrogen (secondary N) is 1. The fraction of sp³-hybridized carbons (Fsp3) is 0. The number of hydrogen-bond acceptors (Lipinski definition) is 3. The number of carbonyl (C=O) groups excluding carboxylic acids is 1. The first-order valence-electron chi connectivity index (χ1n) is 4.82. The number of hydrogen-bond donors (Lipinski definition) is 1. The van der Waals surface area contributed by atoms with E-state index in [-0.39, 0.29) is 21.7 Å². The lowest BCUT2D eigenvalue weighted by atomic mass is 10.2. The van der Waals surface area contributed by atoms with Crippen LogP contribution in [-0.2, 0) is 0 Å². The summed E-state index contributed by atoms with van der Waals surface area (Å²) in [5.41, 5.74) is 0.132. The molecule has 0 radical (unpaired) electrons. The van der Waals surface area contributed by atoms with Crippen LogP contribution in [0.15, 0.2) is 30.3 Å². The monoisotopic (exact) mass is 285 g/mol. The molecule has 2 aromatic rings. The molecule has 1 amide bonds. The zero-order valence-corrected chi connectivity index (χ0v) is 10.3. The normalized spacial score (nSPS) is 10.2. The van der Waals surface area contributed by atoms with Crippen LogP contribution in [0.3, 0.4) is 0 Å². The van der Waals surface area contributed by atoms with E-state index < -0.39 is 11.9 Å². The molecule has 0 fully saturated rings. The van der Waals surface area contributed by atoms with Crippen LogP contribution in [0, 0.1) is 5.95 Å². The molecule has 0 saturated heterocycles. The van der Waals surface area contributed by atoms with Crippen molar-refractivity contribution in [2.75, 3.05) is 5.32 Å². The van der Waals surface area contributed by atoms with E-state index in [2.05, 4.69) is 15.3 Å². The zero-order chi connectivity index (χ0) is 13.1. The molecule has 0 aliphatic carbocycles. The van der Waals surface area contributed by atoms with Crippen molar-refractivity contribution >= 4 is 34.9 Å². The number of anilines is 1. The second kappa shape index (κ2) is 5.29. The first-order valence-corrected chi connectivity index (χ1v) is 5.58. The van der Waals surface area contributed by atoms with Crippen LogP contribution < -0.4 is 5.32 Å². The summed E-state index contributed by atoms with van der Waals surface area (Å²) in [6.07, 6.45) is 0. The third-order valence-electron chi connectivity index (χ3n) is 2.02. The van der Waals surface area contributed by atoms with Crippen LogP contribution in [0.2, 0.25) is 10.3 Å². The lowest BCUT2D eigenvalue weighted by Gasteiger charge is -2.05. The van der Waals surface area contributed by atoms with E-state index >= 15 is 0 Å². The van der Waals surface area contributed by atoms with Gasteiger partial charge in [-0.25, -0.2) is 9.97 Å². The SMILES string of the molecule is O=C(Nc1cccc(F)n1)c1ccc(Cl)nc1Cl. The molecule has 7 heteroatoms. The van der Waals surface area contributed by atoms with Gasteiger partial charge in [-0.15, -0.1) is 0 Å². The number of nitrogens with zero attached hydrogens (tertiary/aromatic N) is 2. The molecule has 0 saturated carbocycles. The lowest BCUT2D eigenvalue weighted by molar-refractivity contribution is 0.102. The molecular formula is C11H6Cl2FN3O. The summed E-state index contributed by atoms with van der Waals surface area (Å²) in [6, 6.07) is 6.91. The highest BCUT2D eigenvalue weighted by molar-refractivity contribution is 6.35. The van der Waals surface area contributed by atoms with Crippen molar-refractivity contribution in [1.29, 1.82) is 0 Å². The highest BCUT2D eigenvalue weighted by Gasteiger charge is 2.12. The van der Waals surface area contributed by atoms with Crippen molar-refractivity contribution in [2.24, 2.45) is 0 Å². The molecule has 0 spiro atoms. The predicted molar refractivity (Wildman–Crippen MR) is 66.4 cm³/mol.